The van der Waals surface area contributed by atoms with E-state index >= 15 is 0 Å². The molecule has 116 valence electrons. The molecule has 3 heterocycles. The molecule has 0 amide bonds. The maximum atomic E-state index is 11.2. The smallest absolute Gasteiger partial charge is 0.291 e. The number of hydrogen-bond acceptors (Lipinski definition) is 4. The van der Waals surface area contributed by atoms with E-state index in [1.54, 1.807) is 6.92 Å². The summed E-state index contributed by atoms with van der Waals surface area (Å²) in [4.78, 5) is 15.1. The van der Waals surface area contributed by atoms with Crippen molar-refractivity contribution >= 4 is 22.3 Å². The molecular weight excluding hydrogens is 280 g/mol. The third kappa shape index (κ3) is 2.29. The van der Waals surface area contributed by atoms with Crippen molar-refractivity contribution in [3.05, 3.63) is 39.7 Å². The van der Waals surface area contributed by atoms with Gasteiger partial charge in [-0.1, -0.05) is 6.08 Å². The van der Waals surface area contributed by atoms with Gasteiger partial charge in [-0.25, -0.2) is 4.98 Å². The molecule has 2 aromatic heterocycles. The summed E-state index contributed by atoms with van der Waals surface area (Å²) in [6.45, 7) is 6.94. The molecule has 3 rings (SSSR count). The summed E-state index contributed by atoms with van der Waals surface area (Å²) < 4.78 is 1.94. The van der Waals surface area contributed by atoms with Crippen LogP contribution in [-0.4, -0.2) is 26.6 Å². The Morgan fingerprint density at radius 3 is 2.82 bits per heavy atom. The summed E-state index contributed by atoms with van der Waals surface area (Å²) in [5.74, 6) is 0. The molecule has 0 aliphatic carbocycles. The van der Waals surface area contributed by atoms with Crippen molar-refractivity contribution in [2.75, 3.05) is 6.54 Å². The number of hydrogen-bond donors (Lipinski definition) is 1. The van der Waals surface area contributed by atoms with Gasteiger partial charge in [0.2, 0.25) is 0 Å². The molecule has 22 heavy (non-hydrogen) atoms. The van der Waals surface area contributed by atoms with Crippen LogP contribution >= 0.6 is 0 Å². The first-order chi connectivity index (χ1) is 10.3. The van der Waals surface area contributed by atoms with E-state index in [4.69, 9.17) is 0 Å². The summed E-state index contributed by atoms with van der Waals surface area (Å²) >= 11 is 0. The Hall–Kier alpha value is -2.21. The summed E-state index contributed by atoms with van der Waals surface area (Å²) in [5, 5.41) is 15.5. The lowest BCUT2D eigenvalue weighted by Crippen LogP contribution is -2.42. The zero-order chi connectivity index (χ0) is 16.1. The van der Waals surface area contributed by atoms with Crippen molar-refractivity contribution in [2.45, 2.75) is 32.7 Å². The first-order valence-electron chi connectivity index (χ1n) is 7.33. The van der Waals surface area contributed by atoms with Crippen LogP contribution in [0.2, 0.25) is 0 Å². The molecule has 1 aliphatic rings. The third-order valence-electron chi connectivity index (χ3n) is 4.32. The van der Waals surface area contributed by atoms with Crippen molar-refractivity contribution in [2.24, 2.45) is 7.05 Å². The number of nitrogens with zero attached hydrogens (tertiary/aromatic N) is 3. The molecule has 6 heteroatoms. The van der Waals surface area contributed by atoms with E-state index in [-0.39, 0.29) is 16.1 Å². The number of nitrogens with one attached hydrogen (secondary N) is 1. The van der Waals surface area contributed by atoms with Gasteiger partial charge in [-0.15, -0.1) is 0 Å². The van der Waals surface area contributed by atoms with E-state index in [0.717, 1.165) is 29.6 Å². The summed E-state index contributed by atoms with van der Waals surface area (Å²) in [5.41, 5.74) is 3.85. The fourth-order valence-electron chi connectivity index (χ4n) is 3.18. The second kappa shape index (κ2) is 4.91. The number of rotatable bonds is 2. The van der Waals surface area contributed by atoms with Gasteiger partial charge in [-0.2, -0.15) is 0 Å². The van der Waals surface area contributed by atoms with E-state index in [9.17, 15) is 10.1 Å². The molecule has 0 radical (unpaired) electrons. The Bertz CT molecular complexity index is 802. The van der Waals surface area contributed by atoms with Crippen LogP contribution in [-0.2, 0) is 7.05 Å². The van der Waals surface area contributed by atoms with E-state index in [1.807, 2.05) is 17.8 Å². The van der Waals surface area contributed by atoms with E-state index in [2.05, 4.69) is 30.2 Å². The Morgan fingerprint density at radius 1 is 1.45 bits per heavy atom. The van der Waals surface area contributed by atoms with E-state index in [1.165, 1.54) is 11.8 Å². The molecule has 0 aromatic carbocycles. The minimum absolute atomic E-state index is 0.0221. The fraction of sp³-hybridized carbons (Fsp3) is 0.438. The topological polar surface area (TPSA) is 73.0 Å². The molecule has 0 spiro atoms. The molecule has 1 N–H and O–H groups in total. The standard InChI is InChI=1S/C16H20N4O2/c1-10-13(20(21)22)8-17-15-14(10)12(9-19(15)4)11-5-6-18-16(2,3)7-11/h5,8-9,18H,6-7H2,1-4H3. The zero-order valence-corrected chi connectivity index (χ0v) is 13.3. The summed E-state index contributed by atoms with van der Waals surface area (Å²) in [7, 11) is 1.93. The molecule has 0 atom stereocenters. The largest absolute Gasteiger partial charge is 0.335 e. The average Bonchev–Trinajstić information content (AvgIpc) is 2.76. The Kier molecular flexibility index (Phi) is 3.29. The summed E-state index contributed by atoms with van der Waals surface area (Å²) in [6.07, 6.45) is 6.43. The minimum Gasteiger partial charge on any atom is -0.335 e. The van der Waals surface area contributed by atoms with Crippen LogP contribution in [0.5, 0.6) is 0 Å². The maximum absolute atomic E-state index is 11.2. The van der Waals surface area contributed by atoms with Gasteiger partial charge in [0.1, 0.15) is 11.8 Å². The maximum Gasteiger partial charge on any atom is 0.291 e. The molecule has 6 nitrogen and oxygen atoms in total. The summed E-state index contributed by atoms with van der Waals surface area (Å²) in [6, 6.07) is 0. The molecular formula is C16H20N4O2. The number of aryl methyl sites for hydroxylation is 2. The van der Waals surface area contributed by atoms with Crippen LogP contribution in [0.15, 0.2) is 18.5 Å². The molecule has 0 saturated carbocycles. The van der Waals surface area contributed by atoms with Crippen molar-refractivity contribution in [3.8, 4) is 0 Å². The van der Waals surface area contributed by atoms with Gasteiger partial charge < -0.3 is 9.88 Å². The van der Waals surface area contributed by atoms with Gasteiger partial charge in [0.15, 0.2) is 0 Å². The molecule has 0 fully saturated rings. The second-order valence-corrected chi connectivity index (χ2v) is 6.55. The van der Waals surface area contributed by atoms with Gasteiger partial charge in [0.25, 0.3) is 5.69 Å². The number of fused-ring (bicyclic) bond motifs is 1. The normalized spacial score (nSPS) is 17.5. The molecule has 0 saturated heterocycles. The predicted octanol–water partition coefficient (Wildman–Crippen LogP) is 2.95. The lowest BCUT2D eigenvalue weighted by Gasteiger charge is -2.31. The average molecular weight is 300 g/mol. The van der Waals surface area contributed by atoms with Crippen LogP contribution in [0, 0.1) is 17.0 Å². The van der Waals surface area contributed by atoms with Crippen LogP contribution in [0.1, 0.15) is 31.4 Å². The first kappa shape index (κ1) is 14.7. The van der Waals surface area contributed by atoms with Crippen LogP contribution < -0.4 is 5.32 Å². The van der Waals surface area contributed by atoms with Crippen molar-refractivity contribution < 1.29 is 4.92 Å². The van der Waals surface area contributed by atoms with Gasteiger partial charge >= 0.3 is 0 Å². The van der Waals surface area contributed by atoms with Crippen molar-refractivity contribution in [1.29, 1.82) is 0 Å². The highest BCUT2D eigenvalue weighted by Gasteiger charge is 2.26. The fourth-order valence-corrected chi connectivity index (χ4v) is 3.18. The monoisotopic (exact) mass is 300 g/mol. The first-order valence-corrected chi connectivity index (χ1v) is 7.33. The highest BCUT2D eigenvalue weighted by atomic mass is 16.6. The van der Waals surface area contributed by atoms with E-state index in [0.29, 0.717) is 5.56 Å². The Balaban J connectivity index is 2.24. The van der Waals surface area contributed by atoms with E-state index < -0.39 is 0 Å². The quantitative estimate of drug-likeness (QED) is 0.683. The third-order valence-corrected chi connectivity index (χ3v) is 4.32. The highest BCUT2D eigenvalue weighted by molar-refractivity contribution is 5.95. The van der Waals surface area contributed by atoms with Gasteiger partial charge in [-0.3, -0.25) is 10.1 Å². The van der Waals surface area contributed by atoms with Crippen LogP contribution in [0.4, 0.5) is 5.69 Å². The van der Waals surface area contributed by atoms with Gasteiger partial charge in [0.05, 0.1) is 4.92 Å². The number of pyridine rings is 1. The van der Waals surface area contributed by atoms with Gasteiger partial charge in [0, 0.05) is 41.8 Å². The predicted molar refractivity (Wildman–Crippen MR) is 86.8 cm³/mol. The lowest BCUT2D eigenvalue weighted by atomic mass is 9.87. The molecule has 0 bridgehead atoms. The lowest BCUT2D eigenvalue weighted by molar-refractivity contribution is -0.385. The Labute approximate surface area is 129 Å². The molecule has 2 aromatic rings. The van der Waals surface area contributed by atoms with Crippen LogP contribution in [0.3, 0.4) is 0 Å². The minimum atomic E-state index is -0.362. The molecule has 1 aliphatic heterocycles. The highest BCUT2D eigenvalue weighted by Crippen LogP contribution is 2.36. The molecule has 0 unspecified atom stereocenters. The zero-order valence-electron chi connectivity index (χ0n) is 13.3. The van der Waals surface area contributed by atoms with Crippen molar-refractivity contribution in [3.63, 3.8) is 0 Å². The number of nitro groups is 1. The van der Waals surface area contributed by atoms with Crippen molar-refractivity contribution in [1.82, 2.24) is 14.9 Å². The second-order valence-electron chi connectivity index (χ2n) is 6.55. The number of aromatic nitrogens is 2. The van der Waals surface area contributed by atoms with Gasteiger partial charge in [-0.05, 0) is 32.8 Å². The SMILES string of the molecule is Cc1c([N+](=O)[O-])cnc2c1c(C1=CCNC(C)(C)C1)cn2C. The Morgan fingerprint density at radius 2 is 2.18 bits per heavy atom. The van der Waals surface area contributed by atoms with Crippen LogP contribution in [0.25, 0.3) is 16.6 Å².